The summed E-state index contributed by atoms with van der Waals surface area (Å²) < 4.78 is 6.14. The molecule has 0 spiro atoms. The van der Waals surface area contributed by atoms with E-state index in [1.807, 2.05) is 12.1 Å². The highest BCUT2D eigenvalue weighted by Gasteiger charge is 2.20. The van der Waals surface area contributed by atoms with E-state index in [-0.39, 0.29) is 0 Å². The van der Waals surface area contributed by atoms with Crippen LogP contribution in [-0.4, -0.2) is 6.10 Å². The molecule has 2 N–H and O–H groups in total. The van der Waals surface area contributed by atoms with Crippen LogP contribution < -0.4 is 5.73 Å². The summed E-state index contributed by atoms with van der Waals surface area (Å²) in [6.45, 7) is 4.28. The lowest BCUT2D eigenvalue weighted by molar-refractivity contribution is 0.0459. The smallest absolute Gasteiger partial charge is 0.0982 e. The molecule has 1 atom stereocenters. The fraction of sp³-hybridized carbons (Fsp3) is 0.524. The number of hydrogen-bond donors (Lipinski definition) is 1. The highest BCUT2D eigenvalue weighted by atomic mass is 16.5. The van der Waals surface area contributed by atoms with Gasteiger partial charge >= 0.3 is 0 Å². The van der Waals surface area contributed by atoms with Crippen molar-refractivity contribution in [3.63, 3.8) is 0 Å². The van der Waals surface area contributed by atoms with Gasteiger partial charge in [-0.3, -0.25) is 0 Å². The van der Waals surface area contributed by atoms with Crippen molar-refractivity contribution in [1.82, 2.24) is 0 Å². The van der Waals surface area contributed by atoms with Gasteiger partial charge in [0.25, 0.3) is 0 Å². The molecule has 1 aliphatic rings. The first kappa shape index (κ1) is 17.7. The van der Waals surface area contributed by atoms with Gasteiger partial charge in [-0.1, -0.05) is 31.2 Å². The molecule has 0 radical (unpaired) electrons. The van der Waals surface area contributed by atoms with E-state index in [1.165, 1.54) is 30.6 Å². The van der Waals surface area contributed by atoms with Crippen molar-refractivity contribution in [3.05, 3.63) is 53.8 Å². The Morgan fingerprint density at radius 3 is 2.61 bits per heavy atom. The van der Waals surface area contributed by atoms with Crippen LogP contribution in [0, 0.1) is 5.92 Å². The Bertz CT molecular complexity index is 511. The molecule has 126 valence electrons. The van der Waals surface area contributed by atoms with Gasteiger partial charge in [0, 0.05) is 12.1 Å². The SMILES string of the molecule is C/C=C/C(CC/C(=C\CC)OC1CCC1)Cc1ccc(N)cc1. The summed E-state index contributed by atoms with van der Waals surface area (Å²) >= 11 is 0. The average Bonchev–Trinajstić information content (AvgIpc) is 2.50. The Labute approximate surface area is 141 Å². The number of allylic oxidation sites excluding steroid dienone is 4. The highest BCUT2D eigenvalue weighted by Crippen LogP contribution is 2.27. The minimum Gasteiger partial charge on any atom is -0.495 e. The lowest BCUT2D eigenvalue weighted by atomic mass is 9.93. The van der Waals surface area contributed by atoms with Crippen molar-refractivity contribution in [2.45, 2.75) is 64.9 Å². The molecule has 1 saturated carbocycles. The predicted octanol–water partition coefficient (Wildman–Crippen LogP) is 5.65. The van der Waals surface area contributed by atoms with E-state index in [9.17, 15) is 0 Å². The maximum absolute atomic E-state index is 6.14. The number of nitrogen functional groups attached to an aromatic ring is 1. The van der Waals surface area contributed by atoms with Crippen LogP contribution in [0.4, 0.5) is 5.69 Å². The van der Waals surface area contributed by atoms with E-state index in [2.05, 4.69) is 44.2 Å². The van der Waals surface area contributed by atoms with Crippen LogP contribution >= 0.6 is 0 Å². The van der Waals surface area contributed by atoms with Gasteiger partial charge in [0.05, 0.1) is 11.9 Å². The van der Waals surface area contributed by atoms with Crippen molar-refractivity contribution >= 4 is 5.69 Å². The molecule has 0 bridgehead atoms. The molecule has 0 aliphatic heterocycles. The molecule has 0 saturated heterocycles. The lowest BCUT2D eigenvalue weighted by Crippen LogP contribution is -2.21. The van der Waals surface area contributed by atoms with Crippen LogP contribution in [0.25, 0.3) is 0 Å². The Balaban J connectivity index is 1.89. The molecular formula is C21H31NO. The van der Waals surface area contributed by atoms with Gasteiger partial charge in [-0.05, 0) is 75.1 Å². The minimum atomic E-state index is 0.477. The molecule has 2 nitrogen and oxygen atoms in total. The number of hydrogen-bond acceptors (Lipinski definition) is 2. The predicted molar refractivity (Wildman–Crippen MR) is 99.2 cm³/mol. The second-order valence-corrected chi connectivity index (χ2v) is 6.52. The van der Waals surface area contributed by atoms with Crippen molar-refractivity contribution in [3.8, 4) is 0 Å². The van der Waals surface area contributed by atoms with Crippen molar-refractivity contribution in [1.29, 1.82) is 0 Å². The molecule has 2 rings (SSSR count). The first-order chi connectivity index (χ1) is 11.2. The Kier molecular flexibility index (Phi) is 7.25. The second kappa shape index (κ2) is 9.44. The molecule has 1 aromatic carbocycles. The maximum Gasteiger partial charge on any atom is 0.0982 e. The third-order valence-corrected chi connectivity index (χ3v) is 4.51. The van der Waals surface area contributed by atoms with Crippen LogP contribution in [0.15, 0.2) is 48.3 Å². The Morgan fingerprint density at radius 2 is 2.04 bits per heavy atom. The van der Waals surface area contributed by atoms with Gasteiger partial charge in [0.15, 0.2) is 0 Å². The highest BCUT2D eigenvalue weighted by molar-refractivity contribution is 5.39. The average molecular weight is 313 g/mol. The van der Waals surface area contributed by atoms with Crippen LogP contribution in [-0.2, 0) is 11.2 Å². The van der Waals surface area contributed by atoms with E-state index in [4.69, 9.17) is 10.5 Å². The van der Waals surface area contributed by atoms with Gasteiger partial charge in [-0.25, -0.2) is 0 Å². The standard InChI is InChI=1S/C21H31NO/c1-3-6-17(16-18-10-13-19(22)14-11-18)12-15-20(7-4-2)23-21-8-5-9-21/h3,6-7,10-11,13-14,17,21H,4-5,8-9,12,15-16,22H2,1-2H3/b6-3+,20-7+. The second-order valence-electron chi connectivity index (χ2n) is 6.52. The van der Waals surface area contributed by atoms with Crippen molar-refractivity contribution < 1.29 is 4.74 Å². The topological polar surface area (TPSA) is 35.2 Å². The first-order valence-corrected chi connectivity index (χ1v) is 9.04. The molecule has 0 heterocycles. The largest absolute Gasteiger partial charge is 0.495 e. The molecule has 1 unspecified atom stereocenters. The van der Waals surface area contributed by atoms with E-state index in [0.717, 1.165) is 31.4 Å². The fourth-order valence-electron chi connectivity index (χ4n) is 2.96. The van der Waals surface area contributed by atoms with Crippen molar-refractivity contribution in [2.24, 2.45) is 5.92 Å². The number of anilines is 1. The summed E-state index contributed by atoms with van der Waals surface area (Å²) in [5.74, 6) is 1.75. The molecule has 0 amide bonds. The van der Waals surface area contributed by atoms with Gasteiger partial charge in [-0.2, -0.15) is 0 Å². The van der Waals surface area contributed by atoms with E-state index in [0.29, 0.717) is 12.0 Å². The van der Waals surface area contributed by atoms with Gasteiger partial charge in [0.2, 0.25) is 0 Å². The minimum absolute atomic E-state index is 0.477. The summed E-state index contributed by atoms with van der Waals surface area (Å²) in [4.78, 5) is 0. The Hall–Kier alpha value is -1.70. The maximum atomic E-state index is 6.14. The summed E-state index contributed by atoms with van der Waals surface area (Å²) in [5, 5.41) is 0. The third kappa shape index (κ3) is 6.13. The first-order valence-electron chi connectivity index (χ1n) is 9.04. The summed E-state index contributed by atoms with van der Waals surface area (Å²) in [5.41, 5.74) is 7.96. The van der Waals surface area contributed by atoms with E-state index < -0.39 is 0 Å². The fourth-order valence-corrected chi connectivity index (χ4v) is 2.96. The lowest BCUT2D eigenvalue weighted by Gasteiger charge is -2.28. The zero-order valence-corrected chi connectivity index (χ0v) is 14.6. The van der Waals surface area contributed by atoms with Gasteiger partial charge < -0.3 is 10.5 Å². The van der Waals surface area contributed by atoms with Gasteiger partial charge in [0.1, 0.15) is 0 Å². The normalized spacial score (nSPS) is 17.2. The van der Waals surface area contributed by atoms with Gasteiger partial charge in [-0.15, -0.1) is 0 Å². The summed E-state index contributed by atoms with van der Waals surface area (Å²) in [6.07, 6.45) is 15.3. The van der Waals surface area contributed by atoms with Crippen LogP contribution in [0.1, 0.15) is 57.9 Å². The molecule has 1 fully saturated rings. The molecule has 1 aliphatic carbocycles. The van der Waals surface area contributed by atoms with Crippen LogP contribution in [0.3, 0.4) is 0 Å². The number of benzene rings is 1. The van der Waals surface area contributed by atoms with Crippen LogP contribution in [0.2, 0.25) is 0 Å². The number of rotatable bonds is 9. The molecular weight excluding hydrogens is 282 g/mol. The Morgan fingerprint density at radius 1 is 1.30 bits per heavy atom. The number of nitrogens with two attached hydrogens (primary N) is 1. The van der Waals surface area contributed by atoms with Crippen LogP contribution in [0.5, 0.6) is 0 Å². The van der Waals surface area contributed by atoms with E-state index >= 15 is 0 Å². The zero-order chi connectivity index (χ0) is 16.5. The third-order valence-electron chi connectivity index (χ3n) is 4.51. The quantitative estimate of drug-likeness (QED) is 0.363. The molecule has 1 aromatic rings. The van der Waals surface area contributed by atoms with Crippen molar-refractivity contribution in [2.75, 3.05) is 5.73 Å². The monoisotopic (exact) mass is 313 g/mol. The molecule has 23 heavy (non-hydrogen) atoms. The molecule has 2 heteroatoms. The summed E-state index contributed by atoms with van der Waals surface area (Å²) in [6, 6.07) is 8.26. The summed E-state index contributed by atoms with van der Waals surface area (Å²) in [7, 11) is 0. The molecule has 0 aromatic heterocycles. The zero-order valence-electron chi connectivity index (χ0n) is 14.6. The van der Waals surface area contributed by atoms with E-state index in [1.54, 1.807) is 0 Å². The number of ether oxygens (including phenoxy) is 1.